The average molecular weight is 561 g/mol. The van der Waals surface area contributed by atoms with E-state index in [0.29, 0.717) is 56.3 Å². The number of para-hydroxylation sites is 1. The zero-order valence-electron chi connectivity index (χ0n) is 21.8. The van der Waals surface area contributed by atoms with Crippen molar-refractivity contribution in [3.05, 3.63) is 87.5 Å². The van der Waals surface area contributed by atoms with Crippen molar-refractivity contribution in [1.82, 2.24) is 5.32 Å². The van der Waals surface area contributed by atoms with Gasteiger partial charge in [-0.1, -0.05) is 24.3 Å². The molecular weight excluding hydrogens is 531 g/mol. The molecule has 2 aliphatic rings. The van der Waals surface area contributed by atoms with Gasteiger partial charge in [0.15, 0.2) is 17.3 Å². The summed E-state index contributed by atoms with van der Waals surface area (Å²) in [5.41, 5.74) is 20.1. The van der Waals surface area contributed by atoms with E-state index in [0.717, 1.165) is 12.8 Å². The number of nitrogens with one attached hydrogen (secondary N) is 1. The lowest BCUT2D eigenvalue weighted by molar-refractivity contribution is -0.124. The fourth-order valence-electron chi connectivity index (χ4n) is 5.71. The summed E-state index contributed by atoms with van der Waals surface area (Å²) in [4.78, 5) is 27.8. The number of halogens is 1. The van der Waals surface area contributed by atoms with E-state index >= 15 is 4.39 Å². The van der Waals surface area contributed by atoms with Crippen molar-refractivity contribution in [3.63, 3.8) is 0 Å². The molecule has 8 nitrogen and oxygen atoms in total. The molecule has 3 unspecified atom stereocenters. The van der Waals surface area contributed by atoms with E-state index in [1.165, 1.54) is 23.5 Å². The topological polar surface area (TPSA) is 143 Å². The Hall–Kier alpha value is -3.83. The van der Waals surface area contributed by atoms with Gasteiger partial charge < -0.3 is 32.0 Å². The Balaban J connectivity index is 1.47. The second kappa shape index (κ2) is 9.97. The second-order valence-corrected chi connectivity index (χ2v) is 11.3. The van der Waals surface area contributed by atoms with E-state index in [2.05, 4.69) is 5.32 Å². The first kappa shape index (κ1) is 26.4. The molecule has 7 N–H and O–H groups in total. The predicted molar refractivity (Wildman–Crippen MR) is 152 cm³/mol. The Kier molecular flexibility index (Phi) is 6.58. The van der Waals surface area contributed by atoms with Gasteiger partial charge in [0.2, 0.25) is 0 Å². The summed E-state index contributed by atoms with van der Waals surface area (Å²) in [5, 5.41) is 3.57. The molecule has 2 heterocycles. The summed E-state index contributed by atoms with van der Waals surface area (Å²) in [5.74, 6) is -1.07. The molecule has 1 aromatic heterocycles. The van der Waals surface area contributed by atoms with Gasteiger partial charge in [0, 0.05) is 23.2 Å². The number of hydrogen-bond acceptors (Lipinski definition) is 8. The van der Waals surface area contributed by atoms with Crippen LogP contribution in [0, 0.1) is 12.7 Å². The third-order valence-corrected chi connectivity index (χ3v) is 8.94. The minimum absolute atomic E-state index is 0.00734. The average Bonchev–Trinajstić information content (AvgIpc) is 3.36. The van der Waals surface area contributed by atoms with Crippen molar-refractivity contribution < 1.29 is 23.5 Å². The van der Waals surface area contributed by atoms with E-state index < -0.39 is 23.2 Å². The third-order valence-electron chi connectivity index (χ3n) is 7.69. The summed E-state index contributed by atoms with van der Waals surface area (Å²) in [6, 6.07) is 13.5. The number of hydrogen-bond donors (Lipinski definition) is 4. The Morgan fingerprint density at radius 3 is 2.67 bits per heavy atom. The maximum absolute atomic E-state index is 15.4. The maximum Gasteiger partial charge on any atom is 0.262 e. The minimum Gasteiger partial charge on any atom is -0.454 e. The minimum atomic E-state index is -1.78. The van der Waals surface area contributed by atoms with E-state index in [-0.39, 0.29) is 23.3 Å². The molecule has 40 heavy (non-hydrogen) atoms. The molecule has 1 fully saturated rings. The number of rotatable bonds is 5. The Labute approximate surface area is 234 Å². The largest absolute Gasteiger partial charge is 0.454 e. The fourth-order valence-corrected chi connectivity index (χ4v) is 6.91. The lowest BCUT2D eigenvalue weighted by Gasteiger charge is -2.37. The smallest absolute Gasteiger partial charge is 0.262 e. The molecule has 0 spiro atoms. The first-order chi connectivity index (χ1) is 19.2. The van der Waals surface area contributed by atoms with E-state index in [4.69, 9.17) is 26.7 Å². The molecule has 4 aromatic rings. The van der Waals surface area contributed by atoms with Crippen LogP contribution in [0.2, 0.25) is 0 Å². The molecule has 3 aromatic carbocycles. The lowest BCUT2D eigenvalue weighted by Crippen LogP contribution is -2.53. The van der Waals surface area contributed by atoms with E-state index in [1.807, 2.05) is 6.07 Å². The number of carbonyl (C=O) groups excluding carboxylic acids is 2. The number of nitrogens with two attached hydrogens (primary N) is 3. The number of anilines is 1. The van der Waals surface area contributed by atoms with Crippen LogP contribution in [0.25, 0.3) is 10.1 Å². The molecule has 206 valence electrons. The molecule has 10 heteroatoms. The summed E-state index contributed by atoms with van der Waals surface area (Å²) >= 11 is 1.18. The quantitative estimate of drug-likeness (QED) is 0.265. The first-order valence-corrected chi connectivity index (χ1v) is 13.9. The second-order valence-electron chi connectivity index (χ2n) is 10.3. The van der Waals surface area contributed by atoms with Crippen molar-refractivity contribution in [2.45, 2.75) is 37.4 Å². The molecule has 6 rings (SSSR count). The lowest BCUT2D eigenvalue weighted by atomic mass is 9.69. The van der Waals surface area contributed by atoms with Gasteiger partial charge >= 0.3 is 0 Å². The van der Waals surface area contributed by atoms with Crippen LogP contribution in [0.4, 0.5) is 10.1 Å². The van der Waals surface area contributed by atoms with Crippen LogP contribution < -0.4 is 27.3 Å². The maximum atomic E-state index is 15.4. The summed E-state index contributed by atoms with van der Waals surface area (Å²) in [7, 11) is 0. The van der Waals surface area contributed by atoms with Crippen molar-refractivity contribution in [1.29, 1.82) is 0 Å². The standard InChI is InChI=1S/C30H29FN4O4S/c1-15-12-22(39-17-7-3-2-4-8-17)20(31)13-19(15)30(34)18-9-10-21(32)26-23(18)24(25(33)28(30)36)27(40-26)29(37)35-16-6-5-11-38-14-16/h2-4,7-10,12-13,16,25H,5-6,11,14,32-34H2,1H3,(H,35,37). The highest BCUT2D eigenvalue weighted by molar-refractivity contribution is 7.21. The van der Waals surface area contributed by atoms with Crippen molar-refractivity contribution in [2.24, 2.45) is 11.5 Å². The summed E-state index contributed by atoms with van der Waals surface area (Å²) in [6.07, 6.45) is 1.64. The number of ether oxygens (including phenoxy) is 2. The number of amides is 1. The van der Waals surface area contributed by atoms with Crippen LogP contribution in [0.1, 0.15) is 50.8 Å². The predicted octanol–water partition coefficient (Wildman–Crippen LogP) is 4.42. The highest BCUT2D eigenvalue weighted by Crippen LogP contribution is 2.50. The molecule has 0 bridgehead atoms. The number of thiophene rings is 1. The fraction of sp³-hybridized carbons (Fsp3) is 0.267. The van der Waals surface area contributed by atoms with Gasteiger partial charge in [0.05, 0.1) is 28.3 Å². The number of benzene rings is 3. The normalized spacial score (nSPS) is 22.4. The number of ketones is 1. The number of aryl methyl sites for hydroxylation is 1. The van der Waals surface area contributed by atoms with Gasteiger partial charge in [-0.05, 0) is 66.8 Å². The van der Waals surface area contributed by atoms with Crippen molar-refractivity contribution >= 4 is 38.8 Å². The van der Waals surface area contributed by atoms with Crippen LogP contribution >= 0.6 is 11.3 Å². The molecule has 3 atom stereocenters. The highest BCUT2D eigenvalue weighted by Gasteiger charge is 2.49. The number of carbonyl (C=O) groups is 2. The molecule has 1 saturated heterocycles. The zero-order valence-corrected chi connectivity index (χ0v) is 22.6. The highest BCUT2D eigenvalue weighted by atomic mass is 32.1. The van der Waals surface area contributed by atoms with Crippen molar-refractivity contribution in [3.8, 4) is 11.5 Å². The van der Waals surface area contributed by atoms with Crippen molar-refractivity contribution in [2.75, 3.05) is 18.9 Å². The Bertz CT molecular complexity index is 1650. The van der Waals surface area contributed by atoms with E-state index in [1.54, 1.807) is 43.3 Å². The van der Waals surface area contributed by atoms with Gasteiger partial charge in [0.25, 0.3) is 5.91 Å². The summed E-state index contributed by atoms with van der Waals surface area (Å²) < 4.78 is 27.3. The van der Waals surface area contributed by atoms with Crippen LogP contribution in [0.3, 0.4) is 0 Å². The Morgan fingerprint density at radius 2 is 1.95 bits per heavy atom. The number of nitrogen functional groups attached to an aromatic ring is 1. The molecule has 1 aliphatic heterocycles. The van der Waals surface area contributed by atoms with Gasteiger partial charge in [-0.25, -0.2) is 4.39 Å². The molecular formula is C30H29FN4O4S. The van der Waals surface area contributed by atoms with Gasteiger partial charge in [0.1, 0.15) is 11.3 Å². The SMILES string of the molecule is Cc1cc(Oc2ccccc2)c(F)cc1C1(N)C(=O)C(N)c2c(C(=O)NC3CCCOC3)sc3c(N)ccc1c23. The molecule has 1 amide bonds. The van der Waals surface area contributed by atoms with Crippen LogP contribution in [-0.4, -0.2) is 30.9 Å². The Morgan fingerprint density at radius 1 is 1.18 bits per heavy atom. The third kappa shape index (κ3) is 4.15. The van der Waals surface area contributed by atoms with Crippen LogP contribution in [-0.2, 0) is 15.1 Å². The van der Waals surface area contributed by atoms with Crippen LogP contribution in [0.15, 0.2) is 54.6 Å². The zero-order chi connectivity index (χ0) is 28.2. The monoisotopic (exact) mass is 560 g/mol. The molecule has 0 radical (unpaired) electrons. The number of Topliss-reactive ketones (excluding diaryl/α,β-unsaturated/α-hetero) is 1. The molecule has 0 saturated carbocycles. The van der Waals surface area contributed by atoms with Gasteiger partial charge in [-0.15, -0.1) is 11.3 Å². The first-order valence-electron chi connectivity index (χ1n) is 13.1. The summed E-state index contributed by atoms with van der Waals surface area (Å²) in [6.45, 7) is 2.82. The van der Waals surface area contributed by atoms with Gasteiger partial charge in [-0.2, -0.15) is 0 Å². The molecule has 1 aliphatic carbocycles. The van der Waals surface area contributed by atoms with E-state index in [9.17, 15) is 9.59 Å². The van der Waals surface area contributed by atoms with Crippen LogP contribution in [0.5, 0.6) is 11.5 Å². The van der Waals surface area contributed by atoms with Gasteiger partial charge in [-0.3, -0.25) is 9.59 Å².